The maximum atomic E-state index is 8.75. The Hall–Kier alpha value is -1.30. The van der Waals surface area contributed by atoms with Crippen molar-refractivity contribution in [2.45, 2.75) is 33.4 Å². The van der Waals surface area contributed by atoms with Gasteiger partial charge in [-0.05, 0) is 32.0 Å². The summed E-state index contributed by atoms with van der Waals surface area (Å²) in [4.78, 5) is 2.39. The van der Waals surface area contributed by atoms with E-state index in [2.05, 4.69) is 43.6 Å². The van der Waals surface area contributed by atoms with Crippen molar-refractivity contribution >= 4 is 0 Å². The molecular weight excluding hydrogens is 210 g/mol. The maximum Gasteiger partial charge on any atom is 0.104 e. The molecule has 0 heterocycles. The summed E-state index contributed by atoms with van der Waals surface area (Å²) in [7, 11) is 0. The van der Waals surface area contributed by atoms with Crippen LogP contribution in [0.15, 0.2) is 24.3 Å². The first kappa shape index (κ1) is 13.8. The standard InChI is InChI=1S/C15H21NO/c1-4-16(13(2)3)12-15-9-6-5-8-14(15)10-7-11-17/h5-6,8-9,13,17H,4,11-12H2,1-3H3. The van der Waals surface area contributed by atoms with Gasteiger partial charge in [0.25, 0.3) is 0 Å². The minimum absolute atomic E-state index is 0.0873. The summed E-state index contributed by atoms with van der Waals surface area (Å²) >= 11 is 0. The van der Waals surface area contributed by atoms with Crippen LogP contribution < -0.4 is 0 Å². The molecule has 0 aliphatic carbocycles. The fraction of sp³-hybridized carbons (Fsp3) is 0.467. The smallest absolute Gasteiger partial charge is 0.104 e. The van der Waals surface area contributed by atoms with Crippen LogP contribution in [0.4, 0.5) is 0 Å². The first-order chi connectivity index (χ1) is 8.19. The molecule has 17 heavy (non-hydrogen) atoms. The van der Waals surface area contributed by atoms with Crippen molar-refractivity contribution in [2.75, 3.05) is 13.2 Å². The van der Waals surface area contributed by atoms with Gasteiger partial charge in [0, 0.05) is 18.2 Å². The second-order valence-electron chi connectivity index (χ2n) is 4.27. The van der Waals surface area contributed by atoms with Gasteiger partial charge in [0.1, 0.15) is 6.61 Å². The highest BCUT2D eigenvalue weighted by atomic mass is 16.2. The van der Waals surface area contributed by atoms with E-state index >= 15 is 0 Å². The quantitative estimate of drug-likeness (QED) is 0.803. The molecule has 1 rings (SSSR count). The van der Waals surface area contributed by atoms with E-state index in [0.29, 0.717) is 6.04 Å². The molecule has 2 nitrogen and oxygen atoms in total. The van der Waals surface area contributed by atoms with Gasteiger partial charge < -0.3 is 5.11 Å². The monoisotopic (exact) mass is 231 g/mol. The molecule has 0 aromatic heterocycles. The minimum atomic E-state index is -0.0873. The minimum Gasteiger partial charge on any atom is -0.384 e. The van der Waals surface area contributed by atoms with Crippen LogP contribution in [0, 0.1) is 11.8 Å². The number of aliphatic hydroxyl groups is 1. The predicted octanol–water partition coefficient (Wildman–Crippen LogP) is 2.26. The van der Waals surface area contributed by atoms with E-state index in [0.717, 1.165) is 18.7 Å². The lowest BCUT2D eigenvalue weighted by atomic mass is 10.1. The number of rotatable bonds is 4. The predicted molar refractivity (Wildman–Crippen MR) is 71.6 cm³/mol. The average Bonchev–Trinajstić information content (AvgIpc) is 2.34. The average molecular weight is 231 g/mol. The topological polar surface area (TPSA) is 23.5 Å². The van der Waals surface area contributed by atoms with E-state index in [-0.39, 0.29) is 6.61 Å². The summed E-state index contributed by atoms with van der Waals surface area (Å²) < 4.78 is 0. The van der Waals surface area contributed by atoms with Crippen LogP contribution in [-0.2, 0) is 6.54 Å². The molecule has 1 aromatic rings. The largest absolute Gasteiger partial charge is 0.384 e. The highest BCUT2D eigenvalue weighted by Crippen LogP contribution is 2.12. The van der Waals surface area contributed by atoms with Crippen molar-refractivity contribution in [1.82, 2.24) is 4.90 Å². The van der Waals surface area contributed by atoms with Crippen LogP contribution >= 0.6 is 0 Å². The van der Waals surface area contributed by atoms with Crippen LogP contribution in [0.5, 0.6) is 0 Å². The summed E-state index contributed by atoms with van der Waals surface area (Å²) in [5.74, 6) is 5.72. The van der Waals surface area contributed by atoms with Gasteiger partial charge in [-0.3, -0.25) is 4.90 Å². The van der Waals surface area contributed by atoms with Crippen molar-refractivity contribution in [2.24, 2.45) is 0 Å². The third-order valence-corrected chi connectivity index (χ3v) is 2.83. The van der Waals surface area contributed by atoms with Crippen LogP contribution in [0.2, 0.25) is 0 Å². The maximum absolute atomic E-state index is 8.75. The zero-order valence-electron chi connectivity index (χ0n) is 10.9. The molecule has 0 radical (unpaired) electrons. The lowest BCUT2D eigenvalue weighted by molar-refractivity contribution is 0.225. The van der Waals surface area contributed by atoms with Crippen LogP contribution in [0.25, 0.3) is 0 Å². The van der Waals surface area contributed by atoms with Crippen molar-refractivity contribution in [3.63, 3.8) is 0 Å². The van der Waals surface area contributed by atoms with E-state index in [1.54, 1.807) is 0 Å². The first-order valence-electron chi connectivity index (χ1n) is 6.10. The zero-order valence-corrected chi connectivity index (χ0v) is 10.9. The van der Waals surface area contributed by atoms with E-state index in [9.17, 15) is 0 Å². The molecule has 0 fully saturated rings. The summed E-state index contributed by atoms with van der Waals surface area (Å²) in [6, 6.07) is 8.65. The Morgan fingerprint density at radius 2 is 2.00 bits per heavy atom. The Morgan fingerprint density at radius 3 is 2.59 bits per heavy atom. The van der Waals surface area contributed by atoms with Gasteiger partial charge in [0.2, 0.25) is 0 Å². The molecule has 0 unspecified atom stereocenters. The van der Waals surface area contributed by atoms with Crippen molar-refractivity contribution in [1.29, 1.82) is 0 Å². The van der Waals surface area contributed by atoms with E-state index in [1.165, 1.54) is 5.56 Å². The van der Waals surface area contributed by atoms with Gasteiger partial charge >= 0.3 is 0 Å². The normalized spacial score (nSPS) is 10.5. The first-order valence-corrected chi connectivity index (χ1v) is 6.10. The molecule has 0 aliphatic heterocycles. The highest BCUT2D eigenvalue weighted by molar-refractivity contribution is 5.41. The molecule has 0 saturated heterocycles. The lowest BCUT2D eigenvalue weighted by Crippen LogP contribution is -2.30. The van der Waals surface area contributed by atoms with Crippen molar-refractivity contribution in [3.05, 3.63) is 35.4 Å². The van der Waals surface area contributed by atoms with Gasteiger partial charge in [-0.2, -0.15) is 0 Å². The van der Waals surface area contributed by atoms with Crippen LogP contribution in [-0.4, -0.2) is 29.2 Å². The fourth-order valence-electron chi connectivity index (χ4n) is 1.79. The number of benzene rings is 1. The molecule has 0 atom stereocenters. The van der Waals surface area contributed by atoms with Gasteiger partial charge in [-0.1, -0.05) is 37.0 Å². The lowest BCUT2D eigenvalue weighted by Gasteiger charge is -2.25. The SMILES string of the molecule is CCN(Cc1ccccc1C#CCO)C(C)C. The molecular formula is C15H21NO. The molecule has 0 aliphatic rings. The Morgan fingerprint density at radius 1 is 1.29 bits per heavy atom. The third kappa shape index (κ3) is 4.22. The summed E-state index contributed by atoms with van der Waals surface area (Å²) in [5.41, 5.74) is 2.24. The van der Waals surface area contributed by atoms with Gasteiger partial charge in [0.15, 0.2) is 0 Å². The van der Waals surface area contributed by atoms with Crippen molar-refractivity contribution in [3.8, 4) is 11.8 Å². The molecule has 0 saturated carbocycles. The Kier molecular flexibility index (Phi) is 5.76. The highest BCUT2D eigenvalue weighted by Gasteiger charge is 2.09. The van der Waals surface area contributed by atoms with Crippen LogP contribution in [0.1, 0.15) is 31.9 Å². The Balaban J connectivity index is 2.89. The number of aliphatic hydroxyl groups excluding tert-OH is 1. The summed E-state index contributed by atoms with van der Waals surface area (Å²) in [6.45, 7) is 8.42. The van der Waals surface area contributed by atoms with E-state index in [1.807, 2.05) is 18.2 Å². The summed E-state index contributed by atoms with van der Waals surface area (Å²) in [5, 5.41) is 8.75. The summed E-state index contributed by atoms with van der Waals surface area (Å²) in [6.07, 6.45) is 0. The zero-order chi connectivity index (χ0) is 12.7. The molecule has 0 bridgehead atoms. The molecule has 0 spiro atoms. The Bertz CT molecular complexity index is 401. The second-order valence-corrected chi connectivity index (χ2v) is 4.27. The third-order valence-electron chi connectivity index (χ3n) is 2.83. The molecule has 1 N–H and O–H groups in total. The number of nitrogens with zero attached hydrogens (tertiary/aromatic N) is 1. The van der Waals surface area contributed by atoms with E-state index in [4.69, 9.17) is 5.11 Å². The Labute approximate surface area is 104 Å². The van der Waals surface area contributed by atoms with Gasteiger partial charge in [-0.25, -0.2) is 0 Å². The van der Waals surface area contributed by atoms with Crippen LogP contribution in [0.3, 0.4) is 0 Å². The number of hydrogen-bond donors (Lipinski definition) is 1. The molecule has 1 aromatic carbocycles. The number of hydrogen-bond acceptors (Lipinski definition) is 2. The van der Waals surface area contributed by atoms with Crippen molar-refractivity contribution < 1.29 is 5.11 Å². The molecule has 0 amide bonds. The fourth-order valence-corrected chi connectivity index (χ4v) is 1.79. The van der Waals surface area contributed by atoms with Gasteiger partial charge in [-0.15, -0.1) is 0 Å². The second kappa shape index (κ2) is 7.11. The molecule has 92 valence electrons. The van der Waals surface area contributed by atoms with Gasteiger partial charge in [0.05, 0.1) is 0 Å². The van der Waals surface area contributed by atoms with E-state index < -0.39 is 0 Å². The molecule has 2 heteroatoms.